The summed E-state index contributed by atoms with van der Waals surface area (Å²) in [5, 5.41) is 11.4. The van der Waals surface area contributed by atoms with Crippen LogP contribution in [0.5, 0.6) is 28.7 Å². The number of fused-ring (bicyclic) bond motifs is 8. The predicted molar refractivity (Wildman–Crippen MR) is 233 cm³/mol. The Labute approximate surface area is 378 Å². The highest BCUT2D eigenvalue weighted by atomic mass is 35.5. The fourth-order valence-electron chi connectivity index (χ4n) is 7.40. The van der Waals surface area contributed by atoms with Gasteiger partial charge < -0.3 is 47.4 Å². The number of benzene rings is 6. The van der Waals surface area contributed by atoms with E-state index in [9.17, 15) is 19.5 Å². The third kappa shape index (κ3) is 7.98. The van der Waals surface area contributed by atoms with E-state index in [-0.39, 0.29) is 41.9 Å². The zero-order chi connectivity index (χ0) is 44.6. The molecule has 0 bridgehead atoms. The number of methoxy groups -OCH3 is 3. The molecule has 63 heavy (non-hydrogen) atoms. The summed E-state index contributed by atoms with van der Waals surface area (Å²) in [5.74, 6) is 0.411. The van der Waals surface area contributed by atoms with Gasteiger partial charge in [-0.3, -0.25) is 4.79 Å². The van der Waals surface area contributed by atoms with Crippen molar-refractivity contribution in [2.45, 2.75) is 5.60 Å². The molecule has 322 valence electrons. The zero-order valence-electron chi connectivity index (χ0n) is 33.2. The largest absolute Gasteiger partial charge is 0.506 e. The predicted octanol–water partition coefficient (Wildman–Crippen LogP) is 10.9. The van der Waals surface area contributed by atoms with Gasteiger partial charge >= 0.3 is 11.9 Å². The molecular formula is C46H32Cl4O13. The standard InChI is InChI=1S/C24H18Cl2O7.C22H14Cl2O6/c1-29-11-31-22-10-21-16(8-18(22)26)23(15-7-17(25)19(27)9-20(15)33-21)13-5-3-4-6-14(13)24(28)32-12-30-2;1-27-10-28-20-9-19-14(7-16(20)24)22(12-5-3-2-4-11(12)21(26)30-22)13-6-15(23)17(25)8-18(13)29-19/h3-10H,11-12H2,1-2H3;2-9,25H,10H2,1H3. The number of esters is 2. The van der Waals surface area contributed by atoms with Crippen LogP contribution in [0.2, 0.25) is 20.1 Å². The molecule has 3 aliphatic heterocycles. The minimum Gasteiger partial charge on any atom is -0.506 e. The average molecular weight is 935 g/mol. The number of aromatic hydroxyl groups is 1. The quantitative estimate of drug-likeness (QED) is 0.0785. The first-order valence-electron chi connectivity index (χ1n) is 18.7. The molecule has 0 saturated carbocycles. The molecule has 17 heteroatoms. The number of carbonyl (C=O) groups is 2. The molecule has 9 rings (SSSR count). The summed E-state index contributed by atoms with van der Waals surface area (Å²) in [7, 11) is 4.41. The lowest BCUT2D eigenvalue weighted by molar-refractivity contribution is -0.0124. The topological polar surface area (TPSA) is 158 Å². The van der Waals surface area contributed by atoms with Crippen LogP contribution in [-0.4, -0.2) is 58.8 Å². The van der Waals surface area contributed by atoms with Crippen LogP contribution in [0.15, 0.2) is 106 Å². The monoisotopic (exact) mass is 932 g/mol. The molecule has 3 heterocycles. The Balaban J connectivity index is 0.000000173. The summed E-state index contributed by atoms with van der Waals surface area (Å²) >= 11 is 25.3. The van der Waals surface area contributed by atoms with E-state index in [0.29, 0.717) is 88.5 Å². The van der Waals surface area contributed by atoms with Crippen molar-refractivity contribution in [1.29, 1.82) is 0 Å². The van der Waals surface area contributed by atoms with Gasteiger partial charge in [-0.15, -0.1) is 0 Å². The van der Waals surface area contributed by atoms with Crippen molar-refractivity contribution < 1.29 is 57.0 Å². The van der Waals surface area contributed by atoms with Gasteiger partial charge in [0.05, 0.1) is 31.2 Å². The maximum atomic E-state index is 12.8. The Bertz CT molecular complexity index is 2970. The molecule has 4 aliphatic rings. The smallest absolute Gasteiger partial charge is 0.340 e. The second-order valence-corrected chi connectivity index (χ2v) is 15.4. The van der Waals surface area contributed by atoms with Crippen LogP contribution in [0.25, 0.3) is 33.4 Å². The molecule has 0 aromatic heterocycles. The Morgan fingerprint density at radius 1 is 0.651 bits per heavy atom. The molecule has 0 fully saturated rings. The average Bonchev–Trinajstić information content (AvgIpc) is 3.57. The fourth-order valence-corrected chi connectivity index (χ4v) is 8.16. The van der Waals surface area contributed by atoms with Crippen molar-refractivity contribution in [1.82, 2.24) is 0 Å². The minimum atomic E-state index is -1.34. The number of hydrogen-bond acceptors (Lipinski definition) is 13. The maximum Gasteiger partial charge on any atom is 0.340 e. The number of carbonyl (C=O) groups excluding carboxylic acids is 2. The summed E-state index contributed by atoms with van der Waals surface area (Å²) in [6.45, 7) is -0.217. The van der Waals surface area contributed by atoms with Gasteiger partial charge in [0, 0.05) is 78.8 Å². The van der Waals surface area contributed by atoms with E-state index in [4.69, 9.17) is 88.7 Å². The number of ether oxygens (including phenoxy) is 8. The molecule has 0 radical (unpaired) electrons. The lowest BCUT2D eigenvalue weighted by atomic mass is 9.77. The number of phenols is 1. The minimum absolute atomic E-state index is 0.00550. The third-order valence-corrected chi connectivity index (χ3v) is 11.2. The third-order valence-electron chi connectivity index (χ3n) is 10.0. The number of halogens is 4. The number of phenolic OH excluding ortho intramolecular Hbond substituents is 1. The summed E-state index contributed by atoms with van der Waals surface area (Å²) in [5.41, 5.74) is 2.67. The lowest BCUT2D eigenvalue weighted by Gasteiger charge is -2.37. The number of hydrogen-bond donors (Lipinski definition) is 1. The Hall–Kier alpha value is -6.03. The van der Waals surface area contributed by atoms with E-state index < -0.39 is 23.0 Å². The Morgan fingerprint density at radius 2 is 1.27 bits per heavy atom. The summed E-state index contributed by atoms with van der Waals surface area (Å²) in [4.78, 5) is 37.8. The molecule has 1 N–H and O–H groups in total. The van der Waals surface area contributed by atoms with Crippen LogP contribution in [-0.2, 0) is 29.3 Å². The summed E-state index contributed by atoms with van der Waals surface area (Å²) in [6.07, 6.45) is 0. The van der Waals surface area contributed by atoms with Gasteiger partial charge in [-0.2, -0.15) is 0 Å². The second-order valence-electron chi connectivity index (χ2n) is 13.8. The molecule has 0 amide bonds. The maximum absolute atomic E-state index is 12.8. The van der Waals surface area contributed by atoms with E-state index in [1.807, 2.05) is 12.1 Å². The van der Waals surface area contributed by atoms with Crippen LogP contribution in [0.1, 0.15) is 37.4 Å². The molecule has 1 atom stereocenters. The van der Waals surface area contributed by atoms with Crippen molar-refractivity contribution in [2.75, 3.05) is 41.7 Å². The zero-order valence-corrected chi connectivity index (χ0v) is 36.2. The fraction of sp³-hybridized carbons (Fsp3) is 0.152. The van der Waals surface area contributed by atoms with Crippen LogP contribution in [0, 0.1) is 0 Å². The summed E-state index contributed by atoms with van der Waals surface area (Å²) < 4.78 is 49.0. The van der Waals surface area contributed by atoms with Gasteiger partial charge in [0.25, 0.3) is 0 Å². The molecule has 1 unspecified atom stereocenters. The highest BCUT2D eigenvalue weighted by Gasteiger charge is 2.54. The molecule has 5 aromatic rings. The van der Waals surface area contributed by atoms with Crippen LogP contribution >= 0.6 is 46.4 Å². The second kappa shape index (κ2) is 18.0. The van der Waals surface area contributed by atoms with E-state index >= 15 is 0 Å². The first-order valence-corrected chi connectivity index (χ1v) is 20.2. The first-order chi connectivity index (χ1) is 30.4. The van der Waals surface area contributed by atoms with Crippen molar-refractivity contribution in [2.24, 2.45) is 0 Å². The van der Waals surface area contributed by atoms with Crippen molar-refractivity contribution in [3.05, 3.63) is 155 Å². The van der Waals surface area contributed by atoms with Gasteiger partial charge in [0.15, 0.2) is 26.0 Å². The van der Waals surface area contributed by atoms with Crippen LogP contribution in [0.4, 0.5) is 0 Å². The first kappa shape index (κ1) is 43.6. The normalized spacial score (nSPS) is 14.6. The molecular weight excluding hydrogens is 902 g/mol. The SMILES string of the molecule is COCOC(=O)c1ccccc1-c1c2cc(Cl)c(=O)cc-2oc2cc(OCOC)c(Cl)cc12.COCOc1cc2c(cc1Cl)C1(OC(=O)c3ccccc31)c1cc(Cl)c(O)cc1O2. The van der Waals surface area contributed by atoms with E-state index in [1.165, 1.54) is 45.6 Å². The molecule has 13 nitrogen and oxygen atoms in total. The lowest BCUT2D eigenvalue weighted by Crippen LogP contribution is -2.33. The van der Waals surface area contributed by atoms with Gasteiger partial charge in [-0.25, -0.2) is 9.59 Å². The highest BCUT2D eigenvalue weighted by molar-refractivity contribution is 6.34. The van der Waals surface area contributed by atoms with Gasteiger partial charge in [-0.1, -0.05) is 82.8 Å². The van der Waals surface area contributed by atoms with Gasteiger partial charge in [0.2, 0.25) is 5.43 Å². The van der Waals surface area contributed by atoms with E-state index in [2.05, 4.69) is 0 Å². The van der Waals surface area contributed by atoms with Gasteiger partial charge in [0.1, 0.15) is 40.1 Å². The van der Waals surface area contributed by atoms with E-state index in [0.717, 1.165) is 0 Å². The van der Waals surface area contributed by atoms with Crippen molar-refractivity contribution >= 4 is 69.3 Å². The highest BCUT2D eigenvalue weighted by Crippen LogP contribution is 2.58. The Kier molecular flexibility index (Phi) is 12.5. The van der Waals surface area contributed by atoms with Crippen molar-refractivity contribution in [3.8, 4) is 51.2 Å². The van der Waals surface area contributed by atoms with Crippen LogP contribution in [0.3, 0.4) is 0 Å². The van der Waals surface area contributed by atoms with E-state index in [1.54, 1.807) is 60.7 Å². The Morgan fingerprint density at radius 3 is 1.98 bits per heavy atom. The van der Waals surface area contributed by atoms with Gasteiger partial charge in [-0.05, 0) is 42.0 Å². The summed E-state index contributed by atoms with van der Waals surface area (Å²) in [6, 6.07) is 26.2. The van der Waals surface area contributed by atoms with Crippen molar-refractivity contribution in [3.63, 3.8) is 0 Å². The molecule has 5 aromatic carbocycles. The molecule has 1 aliphatic carbocycles. The molecule has 1 spiro atoms. The molecule has 0 saturated heterocycles. The van der Waals surface area contributed by atoms with Crippen LogP contribution < -0.4 is 19.6 Å². The number of rotatable bonds is 10.